The zero-order chi connectivity index (χ0) is 94.2. The van der Waals surface area contributed by atoms with E-state index in [4.69, 9.17) is 62.5 Å². The molecule has 0 N–H and O–H groups in total. The van der Waals surface area contributed by atoms with Crippen molar-refractivity contribution in [3.05, 3.63) is 491 Å². The highest BCUT2D eigenvalue weighted by Gasteiger charge is 2.22. The summed E-state index contributed by atoms with van der Waals surface area (Å²) in [5.74, 6) is 5.65. The Morgan fingerprint density at radius 1 is 0.0915 bits per heavy atom. The minimum atomic E-state index is 0.587. The first kappa shape index (κ1) is 84.4. The number of hydrogen-bond acceptors (Lipinski definition) is 13. The Morgan fingerprint density at radius 2 is 0.254 bits per heavy atom. The number of aromatic nitrogens is 9. The average molecular weight is 1820 g/mol. The molecular formula is C129H81N9O4. The molecule has 666 valence electrons. The van der Waals surface area contributed by atoms with E-state index < -0.39 is 0 Å². The Labute approximate surface area is 816 Å². The molecule has 27 aromatic rings. The molecule has 0 saturated carbocycles. The molecule has 0 bridgehead atoms. The van der Waals surface area contributed by atoms with Crippen LogP contribution in [-0.2, 0) is 0 Å². The van der Waals surface area contributed by atoms with E-state index in [2.05, 4.69) is 309 Å². The molecule has 13 nitrogen and oxygen atoms in total. The van der Waals surface area contributed by atoms with Gasteiger partial charge in [0.05, 0.1) is 0 Å². The minimum Gasteiger partial charge on any atom is -0.456 e. The van der Waals surface area contributed by atoms with E-state index in [1.54, 1.807) is 0 Å². The van der Waals surface area contributed by atoms with E-state index in [-0.39, 0.29) is 0 Å². The number of hydrogen-bond donors (Lipinski definition) is 0. The van der Waals surface area contributed by atoms with Gasteiger partial charge >= 0.3 is 0 Å². The van der Waals surface area contributed by atoms with Gasteiger partial charge in [-0.1, -0.05) is 400 Å². The van der Waals surface area contributed by atoms with Crippen LogP contribution in [0.25, 0.3) is 268 Å². The summed E-state index contributed by atoms with van der Waals surface area (Å²) in [5, 5.41) is 8.85. The molecule has 0 atom stereocenters. The summed E-state index contributed by atoms with van der Waals surface area (Å²) >= 11 is 0. The Balaban J connectivity index is 0.000000113. The van der Waals surface area contributed by atoms with Crippen molar-refractivity contribution in [3.8, 4) is 180 Å². The van der Waals surface area contributed by atoms with Crippen LogP contribution in [0.5, 0.6) is 0 Å². The van der Waals surface area contributed by atoms with Crippen molar-refractivity contribution in [3.63, 3.8) is 0 Å². The fourth-order valence-electron chi connectivity index (χ4n) is 18.7. The molecular weight excluding hydrogens is 1740 g/mol. The molecule has 13 heteroatoms. The topological polar surface area (TPSA) is 169 Å². The van der Waals surface area contributed by atoms with Gasteiger partial charge in [-0.05, 0) is 169 Å². The lowest BCUT2D eigenvalue weighted by Crippen LogP contribution is -2.00. The van der Waals surface area contributed by atoms with Gasteiger partial charge in [0.25, 0.3) is 0 Å². The third-order valence-corrected chi connectivity index (χ3v) is 26.1. The molecule has 142 heavy (non-hydrogen) atoms. The molecule has 0 fully saturated rings. The Morgan fingerprint density at radius 3 is 0.542 bits per heavy atom. The first-order valence-corrected chi connectivity index (χ1v) is 47.2. The van der Waals surface area contributed by atoms with Gasteiger partial charge < -0.3 is 17.7 Å². The number of para-hydroxylation sites is 4. The molecule has 0 radical (unpaired) electrons. The average Bonchev–Trinajstić information content (AvgIpc) is 1.56. The summed E-state index contributed by atoms with van der Waals surface area (Å²) in [6, 6.07) is 168. The number of benzene rings is 20. The highest BCUT2D eigenvalue weighted by atomic mass is 16.3. The van der Waals surface area contributed by atoms with E-state index in [0.29, 0.717) is 52.4 Å². The highest BCUT2D eigenvalue weighted by molar-refractivity contribution is 6.10. The maximum absolute atomic E-state index is 6.35. The van der Waals surface area contributed by atoms with Gasteiger partial charge in [0.2, 0.25) is 0 Å². The monoisotopic (exact) mass is 1820 g/mol. The van der Waals surface area contributed by atoms with Gasteiger partial charge in [0, 0.05) is 93.2 Å². The van der Waals surface area contributed by atoms with Crippen molar-refractivity contribution in [2.45, 2.75) is 0 Å². The van der Waals surface area contributed by atoms with Crippen LogP contribution < -0.4 is 0 Å². The molecule has 7 heterocycles. The Bertz CT molecular complexity index is 9340. The third kappa shape index (κ3) is 17.0. The van der Waals surface area contributed by atoms with Gasteiger partial charge in [-0.2, -0.15) is 0 Å². The molecule has 7 aromatic heterocycles. The molecule has 0 aliphatic heterocycles. The Hall–Kier alpha value is -19.4. The second-order valence-corrected chi connectivity index (χ2v) is 35.0. The fraction of sp³-hybridized carbons (Fsp3) is 0. The van der Waals surface area contributed by atoms with Crippen molar-refractivity contribution >= 4 is 87.8 Å². The molecule has 0 unspecified atom stereocenters. The van der Waals surface area contributed by atoms with Crippen LogP contribution in [0.1, 0.15) is 0 Å². The molecule has 0 aliphatic carbocycles. The first-order chi connectivity index (χ1) is 70.3. The van der Waals surface area contributed by atoms with Crippen molar-refractivity contribution < 1.29 is 17.7 Å². The normalized spacial score (nSPS) is 11.4. The number of fused-ring (bicyclic) bond motifs is 12. The van der Waals surface area contributed by atoms with Crippen molar-refractivity contribution in [2.75, 3.05) is 0 Å². The first-order valence-electron chi connectivity index (χ1n) is 47.2. The quantitative estimate of drug-likeness (QED) is 0.0897. The van der Waals surface area contributed by atoms with E-state index in [0.717, 1.165) is 205 Å². The summed E-state index contributed by atoms with van der Waals surface area (Å²) in [4.78, 5) is 44.8. The van der Waals surface area contributed by atoms with Crippen molar-refractivity contribution in [1.82, 2.24) is 44.9 Å². The van der Waals surface area contributed by atoms with Gasteiger partial charge in [0.1, 0.15) is 44.7 Å². The van der Waals surface area contributed by atoms with Gasteiger partial charge in [-0.15, -0.1) is 0 Å². The zero-order valence-electron chi connectivity index (χ0n) is 76.4. The Kier molecular flexibility index (Phi) is 22.0. The van der Waals surface area contributed by atoms with Crippen LogP contribution in [0.3, 0.4) is 0 Å². The highest BCUT2D eigenvalue weighted by Crippen LogP contribution is 2.43. The van der Waals surface area contributed by atoms with Gasteiger partial charge in [-0.25, -0.2) is 44.9 Å². The molecule has 20 aromatic carbocycles. The number of furan rings is 4. The largest absolute Gasteiger partial charge is 0.456 e. The van der Waals surface area contributed by atoms with Crippen LogP contribution in [0.2, 0.25) is 0 Å². The smallest absolute Gasteiger partial charge is 0.164 e. The van der Waals surface area contributed by atoms with E-state index in [1.165, 1.54) is 11.1 Å². The summed E-state index contributed by atoms with van der Waals surface area (Å²) in [6.07, 6.45) is 0. The fourth-order valence-corrected chi connectivity index (χ4v) is 18.7. The summed E-state index contributed by atoms with van der Waals surface area (Å²) in [6.45, 7) is 0. The summed E-state index contributed by atoms with van der Waals surface area (Å²) in [7, 11) is 0. The standard InChI is InChI=1S/C51H31N3O2.2C39H25N3O/c1-3-11-32(12-4-1)33-19-21-35(22-20-33)50-52-49(34-13-5-2-6-14-34)53-51(54-50)40-28-38(36-24-26-47-44(30-36)42-16-8-10-18-46(42)55-47)27-39(29-40)37-23-25-43-41-15-7-9-17-45(41)56-48(43)31-37;1-3-9-26(10-4-1)27-15-19-30(20-16-27)38-40-37(29-11-5-2-6-12-29)41-39(42-38)31-21-17-28(18-22-31)32-23-24-36-34(25-32)33-13-7-8-14-35(33)43-36;1-3-9-26(10-4-1)27-15-19-30(20-16-27)38-40-37(29-11-5-2-6-12-29)41-39(42-38)31-21-17-28(18-22-31)32-23-24-34-33-13-7-8-14-35(33)43-36(34)25-32/h1-31H;2*1-25H. The van der Waals surface area contributed by atoms with Crippen LogP contribution in [0, 0.1) is 0 Å². The number of nitrogens with zero attached hydrogens (tertiary/aromatic N) is 9. The molecule has 0 saturated heterocycles. The van der Waals surface area contributed by atoms with E-state index in [9.17, 15) is 0 Å². The predicted octanol–water partition coefficient (Wildman–Crippen LogP) is 33.9. The predicted molar refractivity (Wildman–Crippen MR) is 576 cm³/mol. The molecule has 0 aliphatic rings. The molecule has 0 spiro atoms. The van der Waals surface area contributed by atoms with Crippen molar-refractivity contribution in [2.24, 2.45) is 0 Å². The second kappa shape index (κ2) is 37.0. The lowest BCUT2D eigenvalue weighted by molar-refractivity contribution is 0.668. The SMILES string of the molecule is c1ccc(-c2ccc(-c3nc(-c4ccccc4)nc(-c4cc(-c5ccc6c(c5)oc5ccccc56)cc(-c5ccc6oc7ccccc7c6c5)c4)n3)cc2)cc1.c1ccc(-c2ccc(-c3nc(-c4ccccc4)nc(-c4ccc(-c5ccc6c(c5)oc5ccccc56)cc4)n3)cc2)cc1.c1ccc(-c2ccc(-c3nc(-c4ccccc4)nc(-c4ccc(-c5ccc6oc7ccccc7c6c5)cc4)n3)cc2)cc1. The zero-order valence-corrected chi connectivity index (χ0v) is 76.4. The van der Waals surface area contributed by atoms with Gasteiger partial charge in [-0.3, -0.25) is 0 Å². The molecule has 0 amide bonds. The van der Waals surface area contributed by atoms with Crippen molar-refractivity contribution in [1.29, 1.82) is 0 Å². The van der Waals surface area contributed by atoms with E-state index in [1.807, 2.05) is 182 Å². The van der Waals surface area contributed by atoms with Crippen LogP contribution >= 0.6 is 0 Å². The number of rotatable bonds is 16. The van der Waals surface area contributed by atoms with Crippen LogP contribution in [0.4, 0.5) is 0 Å². The lowest BCUT2D eigenvalue weighted by atomic mass is 9.94. The van der Waals surface area contributed by atoms with E-state index >= 15 is 0 Å². The summed E-state index contributed by atoms with van der Waals surface area (Å²) in [5.41, 5.74) is 30.9. The minimum absolute atomic E-state index is 0.587. The maximum Gasteiger partial charge on any atom is 0.164 e. The lowest BCUT2D eigenvalue weighted by Gasteiger charge is -2.13. The summed E-state index contributed by atoms with van der Waals surface area (Å²) < 4.78 is 24.7. The van der Waals surface area contributed by atoms with Crippen LogP contribution in [-0.4, -0.2) is 44.9 Å². The third-order valence-electron chi connectivity index (χ3n) is 26.1. The molecule has 27 rings (SSSR count). The maximum atomic E-state index is 6.35. The van der Waals surface area contributed by atoms with Gasteiger partial charge in [0.15, 0.2) is 52.4 Å². The second-order valence-electron chi connectivity index (χ2n) is 35.0. The van der Waals surface area contributed by atoms with Crippen LogP contribution in [0.15, 0.2) is 509 Å².